The third kappa shape index (κ3) is 5.03. The van der Waals surface area contributed by atoms with Crippen LogP contribution in [0.15, 0.2) is 83.8 Å². The smallest absolute Gasteiger partial charge is 0.308 e. The van der Waals surface area contributed by atoms with Crippen molar-refractivity contribution >= 4 is 21.8 Å². The van der Waals surface area contributed by atoms with Crippen molar-refractivity contribution in [1.29, 1.82) is 0 Å². The van der Waals surface area contributed by atoms with Crippen LogP contribution < -0.4 is 4.74 Å². The molecule has 0 aromatic heterocycles. The van der Waals surface area contributed by atoms with Gasteiger partial charge in [0.25, 0.3) is 0 Å². The molecular weight excluding hydrogens is 454 g/mol. The molecule has 1 atom stereocenters. The number of fused-ring (bicyclic) bond motifs is 1. The molecule has 0 aliphatic carbocycles. The quantitative estimate of drug-likeness (QED) is 0.361. The van der Waals surface area contributed by atoms with Gasteiger partial charge in [0.15, 0.2) is 12.4 Å². The fourth-order valence-corrected chi connectivity index (χ4v) is 5.71. The van der Waals surface area contributed by atoms with E-state index in [0.717, 1.165) is 11.1 Å². The Balaban J connectivity index is 1.52. The van der Waals surface area contributed by atoms with Crippen LogP contribution in [0.5, 0.6) is 5.75 Å². The van der Waals surface area contributed by atoms with Crippen molar-refractivity contribution in [3.05, 3.63) is 95.6 Å². The number of benzene rings is 3. The highest BCUT2D eigenvalue weighted by Crippen LogP contribution is 2.36. The monoisotopic (exact) mass is 479 g/mol. The normalized spacial score (nSPS) is 15.9. The largest absolute Gasteiger partial charge is 0.497 e. The number of nitrogens with zero attached hydrogens (tertiary/aromatic N) is 1. The molecule has 3 aromatic rings. The standard InChI is InChI=1S/C26H25NO6S/c1-32-21-13-11-20(12-14-21)25(28)18-33-26(29)17-24-23-10-6-5-7-19(23)15-16-27(24)34(30,31)22-8-3-2-4-9-22/h2-14,24H,15-18H2,1H3. The lowest BCUT2D eigenvalue weighted by molar-refractivity contribution is -0.143. The molecule has 0 saturated heterocycles. The van der Waals surface area contributed by atoms with Gasteiger partial charge in [0.05, 0.1) is 24.5 Å². The molecule has 176 valence electrons. The second-order valence-electron chi connectivity index (χ2n) is 7.91. The van der Waals surface area contributed by atoms with Crippen LogP contribution in [0.25, 0.3) is 0 Å². The number of hydrogen-bond donors (Lipinski definition) is 0. The van der Waals surface area contributed by atoms with E-state index in [2.05, 4.69) is 0 Å². The van der Waals surface area contributed by atoms with Crippen molar-refractivity contribution in [2.24, 2.45) is 0 Å². The predicted octanol–water partition coefficient (Wildman–Crippen LogP) is 3.80. The molecule has 1 heterocycles. The van der Waals surface area contributed by atoms with Gasteiger partial charge in [0.1, 0.15) is 5.75 Å². The third-order valence-electron chi connectivity index (χ3n) is 5.85. The Morgan fingerprint density at radius 3 is 2.32 bits per heavy atom. The number of esters is 1. The molecule has 4 rings (SSSR count). The molecule has 3 aromatic carbocycles. The number of Topliss-reactive ketones (excluding diaryl/α,β-unsaturated/α-hetero) is 1. The maximum Gasteiger partial charge on any atom is 0.308 e. The van der Waals surface area contributed by atoms with Gasteiger partial charge in [0, 0.05) is 12.1 Å². The molecule has 34 heavy (non-hydrogen) atoms. The predicted molar refractivity (Wildman–Crippen MR) is 126 cm³/mol. The van der Waals surface area contributed by atoms with Gasteiger partial charge < -0.3 is 9.47 Å². The zero-order chi connectivity index (χ0) is 24.1. The minimum atomic E-state index is -3.83. The summed E-state index contributed by atoms with van der Waals surface area (Å²) in [6, 6.07) is 21.4. The summed E-state index contributed by atoms with van der Waals surface area (Å²) in [5, 5.41) is 0. The first kappa shape index (κ1) is 23.7. The fourth-order valence-electron chi connectivity index (χ4n) is 4.08. The van der Waals surface area contributed by atoms with Crippen molar-refractivity contribution in [3.63, 3.8) is 0 Å². The molecule has 1 aliphatic heterocycles. The van der Waals surface area contributed by atoms with Gasteiger partial charge >= 0.3 is 5.97 Å². The van der Waals surface area contributed by atoms with Crippen LogP contribution in [0.3, 0.4) is 0 Å². The van der Waals surface area contributed by atoms with E-state index < -0.39 is 28.6 Å². The van der Waals surface area contributed by atoms with Crippen LogP contribution in [0.4, 0.5) is 0 Å². The van der Waals surface area contributed by atoms with E-state index in [1.807, 2.05) is 24.3 Å². The molecule has 0 saturated carbocycles. The minimum absolute atomic E-state index is 0.169. The Labute approximate surface area is 199 Å². The van der Waals surface area contributed by atoms with Gasteiger partial charge in [-0.05, 0) is 53.9 Å². The summed E-state index contributed by atoms with van der Waals surface area (Å²) < 4.78 is 38.5. The Hall–Kier alpha value is -3.49. The summed E-state index contributed by atoms with van der Waals surface area (Å²) in [6.45, 7) is -0.179. The summed E-state index contributed by atoms with van der Waals surface area (Å²) in [5.74, 6) is -0.380. The first-order valence-electron chi connectivity index (χ1n) is 10.9. The van der Waals surface area contributed by atoms with Crippen LogP contribution in [0, 0.1) is 0 Å². The number of methoxy groups -OCH3 is 1. The van der Waals surface area contributed by atoms with E-state index in [4.69, 9.17) is 9.47 Å². The maximum absolute atomic E-state index is 13.4. The van der Waals surface area contributed by atoms with Crippen LogP contribution >= 0.6 is 0 Å². The topological polar surface area (TPSA) is 90.0 Å². The van der Waals surface area contributed by atoms with Gasteiger partial charge in [-0.2, -0.15) is 4.31 Å². The molecular formula is C26H25NO6S. The number of ketones is 1. The molecule has 1 unspecified atom stereocenters. The van der Waals surface area contributed by atoms with E-state index in [0.29, 0.717) is 17.7 Å². The number of rotatable bonds is 8. The summed E-state index contributed by atoms with van der Waals surface area (Å²) in [6.07, 6.45) is 0.350. The molecule has 0 N–H and O–H groups in total. The molecule has 0 amide bonds. The summed E-state index contributed by atoms with van der Waals surface area (Å²) in [4.78, 5) is 25.3. The van der Waals surface area contributed by atoms with E-state index in [1.165, 1.54) is 11.4 Å². The zero-order valence-electron chi connectivity index (χ0n) is 18.7. The van der Waals surface area contributed by atoms with E-state index in [-0.39, 0.29) is 23.6 Å². The van der Waals surface area contributed by atoms with Crippen molar-refractivity contribution in [3.8, 4) is 5.75 Å². The molecule has 8 heteroatoms. The zero-order valence-corrected chi connectivity index (χ0v) is 19.5. The van der Waals surface area contributed by atoms with E-state index in [9.17, 15) is 18.0 Å². The highest BCUT2D eigenvalue weighted by Gasteiger charge is 2.37. The molecule has 1 aliphatic rings. The van der Waals surface area contributed by atoms with Crippen LogP contribution in [-0.4, -0.2) is 44.7 Å². The number of carbonyl (C=O) groups excluding carboxylic acids is 2. The average molecular weight is 480 g/mol. The Bertz CT molecular complexity index is 1270. The maximum atomic E-state index is 13.4. The lowest BCUT2D eigenvalue weighted by atomic mass is 9.92. The van der Waals surface area contributed by atoms with Crippen LogP contribution in [-0.2, 0) is 26.0 Å². The van der Waals surface area contributed by atoms with Crippen molar-refractivity contribution in [1.82, 2.24) is 4.31 Å². The first-order chi connectivity index (χ1) is 16.4. The highest BCUT2D eigenvalue weighted by atomic mass is 32.2. The van der Waals surface area contributed by atoms with Crippen molar-refractivity contribution < 1.29 is 27.5 Å². The number of sulfonamides is 1. The summed E-state index contributed by atoms with van der Waals surface area (Å²) in [5.41, 5.74) is 2.16. The Kier molecular flexibility index (Phi) is 7.09. The fraction of sp³-hybridized carbons (Fsp3) is 0.231. The number of carbonyl (C=O) groups is 2. The van der Waals surface area contributed by atoms with Gasteiger partial charge in [-0.15, -0.1) is 0 Å². The molecule has 0 radical (unpaired) electrons. The molecule has 0 bridgehead atoms. The van der Waals surface area contributed by atoms with Crippen molar-refractivity contribution in [2.45, 2.75) is 23.8 Å². The Morgan fingerprint density at radius 1 is 0.941 bits per heavy atom. The Morgan fingerprint density at radius 2 is 1.62 bits per heavy atom. The second-order valence-corrected chi connectivity index (χ2v) is 9.80. The average Bonchev–Trinajstić information content (AvgIpc) is 2.88. The van der Waals surface area contributed by atoms with Crippen LogP contribution in [0.1, 0.15) is 33.9 Å². The number of ether oxygens (including phenoxy) is 2. The highest BCUT2D eigenvalue weighted by molar-refractivity contribution is 7.89. The van der Waals surface area contributed by atoms with Crippen LogP contribution in [0.2, 0.25) is 0 Å². The van der Waals surface area contributed by atoms with Crippen molar-refractivity contribution in [2.75, 3.05) is 20.3 Å². The minimum Gasteiger partial charge on any atom is -0.497 e. The number of hydrogen-bond acceptors (Lipinski definition) is 6. The van der Waals surface area contributed by atoms with Gasteiger partial charge in [-0.1, -0.05) is 42.5 Å². The van der Waals surface area contributed by atoms with E-state index in [1.54, 1.807) is 54.6 Å². The lowest BCUT2D eigenvalue weighted by Gasteiger charge is -2.36. The van der Waals surface area contributed by atoms with Gasteiger partial charge in [0.2, 0.25) is 10.0 Å². The molecule has 7 nitrogen and oxygen atoms in total. The molecule has 0 spiro atoms. The van der Waals surface area contributed by atoms with Gasteiger partial charge in [-0.3, -0.25) is 9.59 Å². The lowest BCUT2D eigenvalue weighted by Crippen LogP contribution is -2.41. The third-order valence-corrected chi connectivity index (χ3v) is 7.77. The SMILES string of the molecule is COc1ccc(C(=O)COC(=O)CC2c3ccccc3CCN2S(=O)(=O)c2ccccc2)cc1. The summed E-state index contributed by atoms with van der Waals surface area (Å²) >= 11 is 0. The summed E-state index contributed by atoms with van der Waals surface area (Å²) in [7, 11) is -2.30. The first-order valence-corrected chi connectivity index (χ1v) is 12.3. The van der Waals surface area contributed by atoms with Gasteiger partial charge in [-0.25, -0.2) is 8.42 Å². The van der Waals surface area contributed by atoms with E-state index >= 15 is 0 Å². The molecule has 0 fully saturated rings. The second kappa shape index (κ2) is 10.2.